The molecule has 1 aliphatic rings. The Bertz CT molecular complexity index is 1170. The molecular weight excluding hydrogens is 391 g/mol. The minimum Gasteiger partial charge on any atom is -0.365 e. The second kappa shape index (κ2) is 7.87. The maximum atomic E-state index is 14.7. The van der Waals surface area contributed by atoms with Crippen LogP contribution in [0.15, 0.2) is 72.1 Å². The van der Waals surface area contributed by atoms with Crippen molar-refractivity contribution in [3.05, 3.63) is 89.5 Å². The Hall–Kier alpha value is -3.67. The van der Waals surface area contributed by atoms with Gasteiger partial charge in [0.15, 0.2) is 0 Å². The molecule has 0 bridgehead atoms. The molecule has 0 saturated heterocycles. The molecule has 0 unspecified atom stereocenters. The third-order valence-corrected chi connectivity index (χ3v) is 5.74. The Kier molecular flexibility index (Phi) is 5.23. The Morgan fingerprint density at radius 3 is 2.48 bits per heavy atom. The number of benzene rings is 2. The molecule has 1 amide bonds. The van der Waals surface area contributed by atoms with Crippen LogP contribution in [0.3, 0.4) is 0 Å². The molecule has 3 aromatic rings. The van der Waals surface area contributed by atoms with E-state index in [-0.39, 0.29) is 17.3 Å². The molecule has 2 aromatic carbocycles. The maximum Gasteiger partial charge on any atom is 0.271 e. The van der Waals surface area contributed by atoms with Crippen LogP contribution in [0.1, 0.15) is 42.3 Å². The van der Waals surface area contributed by atoms with Crippen molar-refractivity contribution in [2.45, 2.75) is 26.3 Å². The van der Waals surface area contributed by atoms with Gasteiger partial charge in [0.25, 0.3) is 5.91 Å². The average Bonchev–Trinajstić information content (AvgIpc) is 3.27. The lowest BCUT2D eigenvalue weighted by molar-refractivity contribution is 0.0955. The first-order valence-electron chi connectivity index (χ1n) is 10.1. The number of nitrogens with zero attached hydrogens (tertiary/aromatic N) is 3. The highest BCUT2D eigenvalue weighted by Crippen LogP contribution is 2.38. The number of hydrogen-bond donors (Lipinski definition) is 1. The van der Waals surface area contributed by atoms with Gasteiger partial charge in [-0.2, -0.15) is 5.10 Å². The van der Waals surface area contributed by atoms with Crippen molar-refractivity contribution < 1.29 is 9.18 Å². The van der Waals surface area contributed by atoms with Crippen molar-refractivity contribution in [1.82, 2.24) is 9.99 Å². The maximum absolute atomic E-state index is 14.7. The Balaban J connectivity index is 1.49. The lowest BCUT2D eigenvalue weighted by Gasteiger charge is -2.40. The fourth-order valence-electron chi connectivity index (χ4n) is 3.80. The van der Waals surface area contributed by atoms with E-state index in [9.17, 15) is 9.18 Å². The highest BCUT2D eigenvalue weighted by Gasteiger charge is 2.29. The van der Waals surface area contributed by atoms with E-state index < -0.39 is 0 Å². The van der Waals surface area contributed by atoms with Gasteiger partial charge in [0.05, 0.1) is 11.8 Å². The van der Waals surface area contributed by atoms with Crippen molar-refractivity contribution >= 4 is 23.4 Å². The second-order valence-corrected chi connectivity index (χ2v) is 8.27. The van der Waals surface area contributed by atoms with E-state index in [4.69, 9.17) is 0 Å². The zero-order chi connectivity index (χ0) is 22.2. The number of nitrogens with one attached hydrogen (secondary N) is 1. The van der Waals surface area contributed by atoms with Crippen LogP contribution in [0.25, 0.3) is 11.3 Å². The van der Waals surface area contributed by atoms with Crippen molar-refractivity contribution in [2.75, 3.05) is 11.9 Å². The highest BCUT2D eigenvalue weighted by atomic mass is 19.1. The summed E-state index contributed by atoms with van der Waals surface area (Å²) in [5, 5.41) is 3.97. The van der Waals surface area contributed by atoms with E-state index in [2.05, 4.69) is 35.4 Å². The smallest absolute Gasteiger partial charge is 0.271 e. The van der Waals surface area contributed by atoms with Crippen LogP contribution >= 0.6 is 0 Å². The van der Waals surface area contributed by atoms with Crippen LogP contribution in [0, 0.1) is 5.82 Å². The van der Waals surface area contributed by atoms with Gasteiger partial charge in [-0.05, 0) is 74.9 Å². The van der Waals surface area contributed by atoms with Crippen molar-refractivity contribution in [1.29, 1.82) is 0 Å². The van der Waals surface area contributed by atoms with E-state index in [0.29, 0.717) is 11.1 Å². The van der Waals surface area contributed by atoms with Gasteiger partial charge < -0.3 is 9.47 Å². The fraction of sp³-hybridized carbons (Fsp3) is 0.200. The monoisotopic (exact) mass is 416 g/mol. The number of halogens is 1. The zero-order valence-corrected chi connectivity index (χ0v) is 18.1. The topological polar surface area (TPSA) is 49.6 Å². The summed E-state index contributed by atoms with van der Waals surface area (Å²) in [5.74, 6) is -0.739. The van der Waals surface area contributed by atoms with Crippen LogP contribution < -0.4 is 10.3 Å². The molecule has 158 valence electrons. The summed E-state index contributed by atoms with van der Waals surface area (Å²) >= 11 is 0. The van der Waals surface area contributed by atoms with Crippen molar-refractivity contribution in [3.63, 3.8) is 0 Å². The number of likely N-dealkylation sites (N-methyl/N-ethyl adjacent to an activating group) is 1. The first-order chi connectivity index (χ1) is 14.8. The number of allylic oxidation sites excluding steroid dienone is 1. The Morgan fingerprint density at radius 2 is 1.81 bits per heavy atom. The lowest BCUT2D eigenvalue weighted by Crippen LogP contribution is -2.42. The summed E-state index contributed by atoms with van der Waals surface area (Å²) in [5.41, 5.74) is 6.91. The molecule has 2 heterocycles. The molecule has 6 heteroatoms. The molecule has 1 aromatic heterocycles. The molecule has 1 aliphatic heterocycles. The quantitative estimate of drug-likeness (QED) is 0.480. The number of amides is 1. The molecule has 5 nitrogen and oxygen atoms in total. The number of hydrazone groups is 1. The zero-order valence-electron chi connectivity index (χ0n) is 18.1. The van der Waals surface area contributed by atoms with Crippen molar-refractivity contribution in [2.24, 2.45) is 5.10 Å². The van der Waals surface area contributed by atoms with Gasteiger partial charge in [0, 0.05) is 47.5 Å². The van der Waals surface area contributed by atoms with E-state index in [1.807, 2.05) is 55.2 Å². The van der Waals surface area contributed by atoms with Crippen LogP contribution in [0.2, 0.25) is 0 Å². The number of anilines is 1. The van der Waals surface area contributed by atoms with Gasteiger partial charge in [-0.15, -0.1) is 0 Å². The summed E-state index contributed by atoms with van der Waals surface area (Å²) in [6.45, 7) is 6.20. The number of fused-ring (bicyclic) bond motifs is 1. The summed E-state index contributed by atoms with van der Waals surface area (Å²) in [6, 6.07) is 14.3. The largest absolute Gasteiger partial charge is 0.365 e. The number of aromatic nitrogens is 1. The number of carbonyl (C=O) groups is 1. The van der Waals surface area contributed by atoms with Gasteiger partial charge in [-0.3, -0.25) is 4.79 Å². The van der Waals surface area contributed by atoms with Gasteiger partial charge >= 0.3 is 0 Å². The van der Waals surface area contributed by atoms with Gasteiger partial charge in [-0.1, -0.05) is 6.08 Å². The van der Waals surface area contributed by atoms with Crippen LogP contribution in [0.5, 0.6) is 0 Å². The third kappa shape index (κ3) is 4.01. The Morgan fingerprint density at radius 1 is 1.13 bits per heavy atom. The number of carbonyl (C=O) groups excluding carboxylic acids is 1. The minimum absolute atomic E-state index is 0.190. The molecule has 4 rings (SSSR count). The summed E-state index contributed by atoms with van der Waals surface area (Å²) in [4.78, 5) is 14.4. The average molecular weight is 417 g/mol. The van der Waals surface area contributed by atoms with E-state index in [0.717, 1.165) is 22.5 Å². The molecular formula is C25H25FN4O. The molecule has 0 spiro atoms. The predicted molar refractivity (Wildman–Crippen MR) is 123 cm³/mol. The number of hydrogen-bond acceptors (Lipinski definition) is 3. The van der Waals surface area contributed by atoms with Crippen LogP contribution in [-0.2, 0) is 0 Å². The van der Waals surface area contributed by atoms with Crippen LogP contribution in [0.4, 0.5) is 10.1 Å². The Labute approximate surface area is 181 Å². The van der Waals surface area contributed by atoms with Crippen molar-refractivity contribution in [3.8, 4) is 5.69 Å². The van der Waals surface area contributed by atoms with Gasteiger partial charge in [-0.25, -0.2) is 9.82 Å². The van der Waals surface area contributed by atoms with E-state index in [1.54, 1.807) is 18.2 Å². The first kappa shape index (κ1) is 20.6. The number of rotatable bonds is 4. The molecule has 0 aliphatic carbocycles. The molecule has 0 saturated carbocycles. The fourth-order valence-corrected chi connectivity index (χ4v) is 3.80. The standard InChI is InChI=1S/C25H25FN4O/c1-17-15-25(2,3)29(4)23-14-22(26)19(13-21(17)23)16-27-28-24(31)18-7-9-20(10-8-18)30-11-5-6-12-30/h5-16H,1-4H3,(H,28,31)/b27-16+. The summed E-state index contributed by atoms with van der Waals surface area (Å²) in [6.07, 6.45) is 7.37. The summed E-state index contributed by atoms with van der Waals surface area (Å²) in [7, 11) is 1.96. The molecule has 0 fully saturated rings. The molecule has 0 radical (unpaired) electrons. The second-order valence-electron chi connectivity index (χ2n) is 8.27. The molecule has 0 atom stereocenters. The summed E-state index contributed by atoms with van der Waals surface area (Å²) < 4.78 is 16.7. The molecule has 1 N–H and O–H groups in total. The lowest BCUT2D eigenvalue weighted by atomic mass is 9.88. The minimum atomic E-state index is -0.384. The SMILES string of the molecule is CC1=CC(C)(C)N(C)c2cc(F)c(/C=N/NC(=O)c3ccc(-n4cccc4)cc3)cc21. The first-order valence-corrected chi connectivity index (χ1v) is 10.1. The van der Waals surface area contributed by atoms with Gasteiger partial charge in [0.2, 0.25) is 0 Å². The third-order valence-electron chi connectivity index (χ3n) is 5.74. The highest BCUT2D eigenvalue weighted by molar-refractivity contribution is 5.95. The predicted octanol–water partition coefficient (Wildman–Crippen LogP) is 5.01. The van der Waals surface area contributed by atoms with Gasteiger partial charge in [0.1, 0.15) is 5.82 Å². The van der Waals surface area contributed by atoms with Crippen LogP contribution in [-0.4, -0.2) is 29.3 Å². The normalized spacial score (nSPS) is 15.0. The molecule has 31 heavy (non-hydrogen) atoms. The van der Waals surface area contributed by atoms with E-state index in [1.165, 1.54) is 12.3 Å². The van der Waals surface area contributed by atoms with E-state index >= 15 is 0 Å².